The molecule has 1 heterocycles. The highest BCUT2D eigenvalue weighted by atomic mass is 79.9. The van der Waals surface area contributed by atoms with E-state index in [1.54, 1.807) is 0 Å². The highest BCUT2D eigenvalue weighted by molar-refractivity contribution is 9.10. The van der Waals surface area contributed by atoms with Gasteiger partial charge in [-0.15, -0.1) is 0 Å². The summed E-state index contributed by atoms with van der Waals surface area (Å²) in [6.45, 7) is 2.28. The van der Waals surface area contributed by atoms with Crippen LogP contribution in [0.2, 0.25) is 0 Å². The van der Waals surface area contributed by atoms with E-state index < -0.39 is 6.10 Å². The lowest BCUT2D eigenvalue weighted by atomic mass is 10.0. The second-order valence-electron chi connectivity index (χ2n) is 4.94. The predicted molar refractivity (Wildman–Crippen MR) is 80.1 cm³/mol. The van der Waals surface area contributed by atoms with Gasteiger partial charge in [-0.05, 0) is 46.1 Å². The lowest BCUT2D eigenvalue weighted by molar-refractivity contribution is 0.171. The molecule has 0 bridgehead atoms. The molecular weight excluding hydrogens is 320 g/mol. The molecule has 0 radical (unpaired) electrons. The predicted octanol–water partition coefficient (Wildman–Crippen LogP) is 3.76. The molecular formula is C16H15BrO3. The summed E-state index contributed by atoms with van der Waals surface area (Å²) in [6.07, 6.45) is 0.00956. The zero-order chi connectivity index (χ0) is 14.1. The van der Waals surface area contributed by atoms with Crippen LogP contribution < -0.4 is 9.47 Å². The zero-order valence-corrected chi connectivity index (χ0v) is 12.7. The van der Waals surface area contributed by atoms with Crippen LogP contribution in [0.25, 0.3) is 0 Å². The average Bonchev–Trinajstić information content (AvgIpc) is 2.90. The Bertz CT molecular complexity index is 622. The van der Waals surface area contributed by atoms with Crippen LogP contribution in [0, 0.1) is 6.92 Å². The number of aliphatic hydroxyl groups is 1. The maximum absolute atomic E-state index is 10.4. The van der Waals surface area contributed by atoms with Crippen molar-refractivity contribution in [2.24, 2.45) is 0 Å². The number of ether oxygens (including phenoxy) is 2. The zero-order valence-electron chi connectivity index (χ0n) is 11.1. The van der Waals surface area contributed by atoms with Gasteiger partial charge in [0.15, 0.2) is 11.5 Å². The van der Waals surface area contributed by atoms with E-state index in [4.69, 9.17) is 9.47 Å². The van der Waals surface area contributed by atoms with Crippen molar-refractivity contribution in [3.05, 3.63) is 57.6 Å². The van der Waals surface area contributed by atoms with Crippen LogP contribution in [0.15, 0.2) is 40.9 Å². The number of halogens is 1. The van der Waals surface area contributed by atoms with Crippen molar-refractivity contribution in [1.82, 2.24) is 0 Å². The van der Waals surface area contributed by atoms with Crippen molar-refractivity contribution >= 4 is 15.9 Å². The van der Waals surface area contributed by atoms with E-state index in [0.717, 1.165) is 15.6 Å². The molecule has 104 valence electrons. The Kier molecular flexibility index (Phi) is 3.68. The Morgan fingerprint density at radius 3 is 2.70 bits per heavy atom. The number of hydrogen-bond acceptors (Lipinski definition) is 3. The number of aliphatic hydroxyl groups excluding tert-OH is 1. The van der Waals surface area contributed by atoms with Crippen molar-refractivity contribution in [3.63, 3.8) is 0 Å². The van der Waals surface area contributed by atoms with E-state index >= 15 is 0 Å². The van der Waals surface area contributed by atoms with Crippen LogP contribution in [0.4, 0.5) is 0 Å². The van der Waals surface area contributed by atoms with Gasteiger partial charge < -0.3 is 14.6 Å². The number of fused-ring (bicyclic) bond motifs is 1. The van der Waals surface area contributed by atoms with Crippen LogP contribution in [0.3, 0.4) is 0 Å². The van der Waals surface area contributed by atoms with Crippen molar-refractivity contribution in [1.29, 1.82) is 0 Å². The van der Waals surface area contributed by atoms with E-state index in [9.17, 15) is 5.11 Å². The van der Waals surface area contributed by atoms with Gasteiger partial charge in [0.2, 0.25) is 6.79 Å². The second-order valence-corrected chi connectivity index (χ2v) is 5.80. The van der Waals surface area contributed by atoms with Gasteiger partial charge in [0.05, 0.1) is 10.6 Å². The molecule has 3 rings (SSSR count). The van der Waals surface area contributed by atoms with Crippen LogP contribution in [-0.2, 0) is 6.42 Å². The minimum absolute atomic E-state index is 0.228. The minimum atomic E-state index is -0.566. The average molecular weight is 335 g/mol. The van der Waals surface area contributed by atoms with Gasteiger partial charge >= 0.3 is 0 Å². The van der Waals surface area contributed by atoms with Gasteiger partial charge in [-0.3, -0.25) is 0 Å². The van der Waals surface area contributed by atoms with Crippen molar-refractivity contribution in [2.45, 2.75) is 19.4 Å². The molecule has 1 N–H and O–H groups in total. The minimum Gasteiger partial charge on any atom is -0.454 e. The molecule has 3 nitrogen and oxygen atoms in total. The first kappa shape index (κ1) is 13.5. The summed E-state index contributed by atoms with van der Waals surface area (Å²) >= 11 is 3.45. The molecule has 4 heteroatoms. The molecule has 0 saturated heterocycles. The van der Waals surface area contributed by atoms with E-state index in [-0.39, 0.29) is 6.79 Å². The molecule has 0 fully saturated rings. The summed E-state index contributed by atoms with van der Waals surface area (Å²) < 4.78 is 11.5. The molecule has 2 aromatic carbocycles. The first-order valence-corrected chi connectivity index (χ1v) is 7.25. The Morgan fingerprint density at radius 2 is 1.95 bits per heavy atom. The number of benzene rings is 2. The SMILES string of the molecule is Cc1ccc(CC(O)c2cc(Br)c3c(c2)OCO3)cc1. The second kappa shape index (κ2) is 5.46. The Morgan fingerprint density at radius 1 is 1.20 bits per heavy atom. The van der Waals surface area contributed by atoms with Gasteiger partial charge in [0, 0.05) is 6.42 Å². The Balaban J connectivity index is 1.82. The Labute approximate surface area is 126 Å². The highest BCUT2D eigenvalue weighted by Crippen LogP contribution is 2.41. The monoisotopic (exact) mass is 334 g/mol. The molecule has 2 aromatic rings. The van der Waals surface area contributed by atoms with Gasteiger partial charge in [0.1, 0.15) is 0 Å². The fourth-order valence-corrected chi connectivity index (χ4v) is 2.82. The molecule has 0 aliphatic carbocycles. The summed E-state index contributed by atoms with van der Waals surface area (Å²) in [5, 5.41) is 10.4. The van der Waals surface area contributed by atoms with E-state index in [0.29, 0.717) is 17.9 Å². The summed E-state index contributed by atoms with van der Waals surface area (Å²) in [6, 6.07) is 11.9. The number of hydrogen-bond donors (Lipinski definition) is 1. The van der Waals surface area contributed by atoms with E-state index in [1.165, 1.54) is 5.56 Å². The quantitative estimate of drug-likeness (QED) is 0.928. The van der Waals surface area contributed by atoms with Crippen molar-refractivity contribution < 1.29 is 14.6 Å². The standard InChI is InChI=1S/C16H15BrO3/c1-10-2-4-11(5-3-10)6-14(18)12-7-13(17)16-15(8-12)19-9-20-16/h2-5,7-8,14,18H,6,9H2,1H3. The summed E-state index contributed by atoms with van der Waals surface area (Å²) in [4.78, 5) is 0. The van der Waals surface area contributed by atoms with Gasteiger partial charge in [0.25, 0.3) is 0 Å². The van der Waals surface area contributed by atoms with Crippen LogP contribution >= 0.6 is 15.9 Å². The van der Waals surface area contributed by atoms with Gasteiger partial charge in [-0.25, -0.2) is 0 Å². The van der Waals surface area contributed by atoms with Gasteiger partial charge in [-0.2, -0.15) is 0 Å². The molecule has 0 spiro atoms. The maximum Gasteiger partial charge on any atom is 0.231 e. The third-order valence-corrected chi connectivity index (χ3v) is 3.97. The fourth-order valence-electron chi connectivity index (χ4n) is 2.24. The molecule has 0 amide bonds. The molecule has 1 aliphatic rings. The van der Waals surface area contributed by atoms with Crippen molar-refractivity contribution in [3.8, 4) is 11.5 Å². The van der Waals surface area contributed by atoms with E-state index in [1.807, 2.05) is 24.3 Å². The molecule has 1 aliphatic heterocycles. The smallest absolute Gasteiger partial charge is 0.231 e. The van der Waals surface area contributed by atoms with Crippen molar-refractivity contribution in [2.75, 3.05) is 6.79 Å². The molecule has 0 saturated carbocycles. The highest BCUT2D eigenvalue weighted by Gasteiger charge is 2.20. The lowest BCUT2D eigenvalue weighted by Crippen LogP contribution is -2.02. The van der Waals surface area contributed by atoms with Gasteiger partial charge in [-0.1, -0.05) is 29.8 Å². The summed E-state index contributed by atoms with van der Waals surface area (Å²) in [5.41, 5.74) is 3.15. The van der Waals surface area contributed by atoms with E-state index in [2.05, 4.69) is 35.0 Å². The Hall–Kier alpha value is -1.52. The molecule has 1 unspecified atom stereocenters. The maximum atomic E-state index is 10.4. The molecule has 0 aromatic heterocycles. The lowest BCUT2D eigenvalue weighted by Gasteiger charge is -2.13. The first-order chi connectivity index (χ1) is 9.63. The fraction of sp³-hybridized carbons (Fsp3) is 0.250. The summed E-state index contributed by atoms with van der Waals surface area (Å²) in [5.74, 6) is 1.38. The van der Waals surface area contributed by atoms with Crippen LogP contribution in [0.5, 0.6) is 11.5 Å². The first-order valence-electron chi connectivity index (χ1n) is 6.46. The third kappa shape index (κ3) is 2.67. The van der Waals surface area contributed by atoms with Crippen LogP contribution in [-0.4, -0.2) is 11.9 Å². The number of aryl methyl sites for hydroxylation is 1. The largest absolute Gasteiger partial charge is 0.454 e. The molecule has 1 atom stereocenters. The van der Waals surface area contributed by atoms with Crippen LogP contribution in [0.1, 0.15) is 22.8 Å². The topological polar surface area (TPSA) is 38.7 Å². The normalized spacial score (nSPS) is 14.3. The number of rotatable bonds is 3. The third-order valence-electron chi connectivity index (χ3n) is 3.38. The summed E-state index contributed by atoms with van der Waals surface area (Å²) in [7, 11) is 0. The molecule has 20 heavy (non-hydrogen) atoms.